The van der Waals surface area contributed by atoms with E-state index in [2.05, 4.69) is 15.9 Å². The van der Waals surface area contributed by atoms with E-state index in [4.69, 9.17) is 9.47 Å². The van der Waals surface area contributed by atoms with Gasteiger partial charge in [0, 0.05) is 21.7 Å². The van der Waals surface area contributed by atoms with Gasteiger partial charge in [0.1, 0.15) is 0 Å². The third-order valence-electron chi connectivity index (χ3n) is 3.68. The second-order valence-electron chi connectivity index (χ2n) is 5.03. The smallest absolute Gasteiger partial charge is 0.360 e. The van der Waals surface area contributed by atoms with Crippen LogP contribution in [-0.2, 0) is 24.7 Å². The lowest BCUT2D eigenvalue weighted by atomic mass is 9.83. The van der Waals surface area contributed by atoms with E-state index in [9.17, 15) is 9.59 Å². The van der Waals surface area contributed by atoms with Gasteiger partial charge in [-0.1, -0.05) is 58.4 Å². The van der Waals surface area contributed by atoms with Crippen LogP contribution in [0.5, 0.6) is 0 Å². The van der Waals surface area contributed by atoms with E-state index in [1.165, 1.54) is 13.2 Å². The molecule has 0 unspecified atom stereocenters. The highest BCUT2D eigenvalue weighted by Gasteiger charge is 2.53. The maximum Gasteiger partial charge on any atom is 0.360 e. The lowest BCUT2D eigenvalue weighted by Crippen LogP contribution is -2.39. The van der Waals surface area contributed by atoms with Gasteiger partial charge in [0.05, 0.1) is 7.11 Å². The average Bonchev–Trinajstić information content (AvgIpc) is 2.93. The zero-order valence-corrected chi connectivity index (χ0v) is 13.9. The van der Waals surface area contributed by atoms with Gasteiger partial charge < -0.3 is 9.47 Å². The fourth-order valence-electron chi connectivity index (χ4n) is 2.69. The van der Waals surface area contributed by atoms with Crippen LogP contribution in [-0.4, -0.2) is 19.0 Å². The molecule has 116 valence electrons. The van der Waals surface area contributed by atoms with Gasteiger partial charge in [0.2, 0.25) is 0 Å². The van der Waals surface area contributed by atoms with Crippen molar-refractivity contribution in [2.75, 3.05) is 7.11 Å². The van der Waals surface area contributed by atoms with E-state index in [0.717, 1.165) is 10.0 Å². The molecule has 0 spiro atoms. The number of cyclic esters (lactones) is 1. The Morgan fingerprint density at radius 3 is 2.52 bits per heavy atom. The third kappa shape index (κ3) is 2.57. The van der Waals surface area contributed by atoms with Crippen LogP contribution in [0.3, 0.4) is 0 Å². The van der Waals surface area contributed by atoms with Crippen LogP contribution in [0.25, 0.3) is 5.57 Å². The van der Waals surface area contributed by atoms with Crippen molar-refractivity contribution < 1.29 is 19.1 Å². The highest BCUT2D eigenvalue weighted by atomic mass is 79.9. The highest BCUT2D eigenvalue weighted by Crippen LogP contribution is 2.45. The first-order valence-electron chi connectivity index (χ1n) is 6.93. The van der Waals surface area contributed by atoms with Gasteiger partial charge in [-0.15, -0.1) is 0 Å². The molecule has 1 atom stereocenters. The Kier molecular flexibility index (Phi) is 4.05. The van der Waals surface area contributed by atoms with Crippen molar-refractivity contribution >= 4 is 33.4 Å². The number of carbonyl (C=O) groups is 2. The first kappa shape index (κ1) is 15.5. The Morgan fingerprint density at radius 1 is 1.13 bits per heavy atom. The van der Waals surface area contributed by atoms with Crippen molar-refractivity contribution in [2.45, 2.75) is 5.60 Å². The van der Waals surface area contributed by atoms with Crippen LogP contribution in [0.4, 0.5) is 0 Å². The highest BCUT2D eigenvalue weighted by molar-refractivity contribution is 9.10. The van der Waals surface area contributed by atoms with Gasteiger partial charge in [-0.3, -0.25) is 0 Å². The molecule has 0 amide bonds. The first-order valence-corrected chi connectivity index (χ1v) is 7.72. The predicted octanol–water partition coefficient (Wildman–Crippen LogP) is 3.46. The summed E-state index contributed by atoms with van der Waals surface area (Å²) in [5, 5.41) is 0. The van der Waals surface area contributed by atoms with Crippen molar-refractivity contribution in [3.8, 4) is 0 Å². The predicted molar refractivity (Wildman–Crippen MR) is 88.3 cm³/mol. The second-order valence-corrected chi connectivity index (χ2v) is 5.94. The van der Waals surface area contributed by atoms with Crippen molar-refractivity contribution in [1.29, 1.82) is 0 Å². The number of rotatable bonds is 3. The molecule has 0 N–H and O–H groups in total. The molecule has 0 bridgehead atoms. The summed E-state index contributed by atoms with van der Waals surface area (Å²) < 4.78 is 11.2. The molecule has 0 aliphatic carbocycles. The van der Waals surface area contributed by atoms with Crippen LogP contribution in [0.15, 0.2) is 65.1 Å². The summed E-state index contributed by atoms with van der Waals surface area (Å²) in [5.41, 5.74) is 0.119. The average molecular weight is 373 g/mol. The lowest BCUT2D eigenvalue weighted by molar-refractivity contribution is -0.169. The number of esters is 2. The van der Waals surface area contributed by atoms with Gasteiger partial charge in [-0.05, 0) is 17.7 Å². The summed E-state index contributed by atoms with van der Waals surface area (Å²) in [6, 6.07) is 16.3. The Balaban J connectivity index is 2.25. The molecular weight excluding hydrogens is 360 g/mol. The molecule has 4 nitrogen and oxygen atoms in total. The molecular formula is C18H13BrO4. The monoisotopic (exact) mass is 372 g/mol. The summed E-state index contributed by atoms with van der Waals surface area (Å²) in [7, 11) is 1.27. The van der Waals surface area contributed by atoms with E-state index in [1.807, 2.05) is 36.4 Å². The molecule has 0 radical (unpaired) electrons. The zero-order valence-electron chi connectivity index (χ0n) is 12.3. The Labute approximate surface area is 141 Å². The standard InChI is InChI=1S/C18H13BrO4/c1-22-17(21)18(13-8-5-9-14(19)10-13)15(11-16(20)23-18)12-6-3-2-4-7-12/h2-11H,1H3/t18-/m0/s1. The largest absolute Gasteiger partial charge is 0.466 e. The third-order valence-corrected chi connectivity index (χ3v) is 4.18. The van der Waals surface area contributed by atoms with Crippen molar-refractivity contribution in [3.05, 3.63) is 76.3 Å². The fraction of sp³-hybridized carbons (Fsp3) is 0.111. The number of hydrogen-bond donors (Lipinski definition) is 0. The molecule has 5 heteroatoms. The number of benzene rings is 2. The van der Waals surface area contributed by atoms with Gasteiger partial charge >= 0.3 is 11.9 Å². The van der Waals surface area contributed by atoms with Crippen molar-refractivity contribution in [1.82, 2.24) is 0 Å². The van der Waals surface area contributed by atoms with E-state index in [1.54, 1.807) is 18.2 Å². The van der Waals surface area contributed by atoms with Crippen LogP contribution in [0.2, 0.25) is 0 Å². The normalized spacial score (nSPS) is 19.9. The number of ether oxygens (including phenoxy) is 2. The number of methoxy groups -OCH3 is 1. The molecule has 1 aliphatic heterocycles. The topological polar surface area (TPSA) is 52.6 Å². The van der Waals surface area contributed by atoms with Crippen molar-refractivity contribution in [2.24, 2.45) is 0 Å². The first-order chi connectivity index (χ1) is 11.1. The lowest BCUT2D eigenvalue weighted by Gasteiger charge is -2.29. The van der Waals surface area contributed by atoms with Gasteiger partial charge in [-0.25, -0.2) is 9.59 Å². The van der Waals surface area contributed by atoms with Crippen LogP contribution < -0.4 is 0 Å². The molecule has 0 aromatic heterocycles. The SMILES string of the molecule is COC(=O)[C@@]1(c2cccc(Br)c2)OC(=O)C=C1c1ccccc1. The van der Waals surface area contributed by atoms with Crippen molar-refractivity contribution in [3.63, 3.8) is 0 Å². The van der Waals surface area contributed by atoms with Gasteiger partial charge in [0.25, 0.3) is 5.60 Å². The molecule has 23 heavy (non-hydrogen) atoms. The maximum atomic E-state index is 12.6. The zero-order chi connectivity index (χ0) is 16.4. The summed E-state index contributed by atoms with van der Waals surface area (Å²) in [6.07, 6.45) is 1.34. The summed E-state index contributed by atoms with van der Waals surface area (Å²) in [4.78, 5) is 24.6. The molecule has 1 aliphatic rings. The number of hydrogen-bond acceptors (Lipinski definition) is 4. The van der Waals surface area contributed by atoms with Gasteiger partial charge in [0.15, 0.2) is 0 Å². The summed E-state index contributed by atoms with van der Waals surface area (Å²) >= 11 is 3.38. The number of carbonyl (C=O) groups excluding carboxylic acids is 2. The van der Waals surface area contributed by atoms with Gasteiger partial charge in [-0.2, -0.15) is 0 Å². The minimum Gasteiger partial charge on any atom is -0.466 e. The van der Waals surface area contributed by atoms with E-state index in [-0.39, 0.29) is 0 Å². The minimum atomic E-state index is -1.60. The van der Waals surface area contributed by atoms with Crippen LogP contribution in [0, 0.1) is 0 Å². The van der Waals surface area contributed by atoms with E-state index >= 15 is 0 Å². The molecule has 0 fully saturated rings. The summed E-state index contributed by atoms with van der Waals surface area (Å²) in [5.74, 6) is -1.22. The molecule has 0 saturated heterocycles. The quantitative estimate of drug-likeness (QED) is 0.774. The number of halogens is 1. The second kappa shape index (κ2) is 6.01. The Hall–Kier alpha value is -2.40. The van der Waals surface area contributed by atoms with Crippen LogP contribution in [0.1, 0.15) is 11.1 Å². The maximum absolute atomic E-state index is 12.6. The minimum absolute atomic E-state index is 0.466. The van der Waals surface area contributed by atoms with Crippen LogP contribution >= 0.6 is 15.9 Å². The van der Waals surface area contributed by atoms with E-state index in [0.29, 0.717) is 11.1 Å². The fourth-order valence-corrected chi connectivity index (χ4v) is 3.09. The summed E-state index contributed by atoms with van der Waals surface area (Å²) in [6.45, 7) is 0. The Bertz CT molecular complexity index is 798. The molecule has 2 aromatic carbocycles. The molecule has 3 rings (SSSR count). The molecule has 0 saturated carbocycles. The molecule has 1 heterocycles. The Morgan fingerprint density at radius 2 is 1.87 bits per heavy atom. The van der Waals surface area contributed by atoms with E-state index < -0.39 is 17.5 Å². The molecule has 2 aromatic rings.